The van der Waals surface area contributed by atoms with Gasteiger partial charge < -0.3 is 30.7 Å². The molecule has 0 radical (unpaired) electrons. The van der Waals surface area contributed by atoms with Crippen LogP contribution in [0, 0.1) is 5.92 Å². The number of halogens is 2. The Morgan fingerprint density at radius 3 is 2.64 bits per heavy atom. The highest BCUT2D eigenvalue weighted by Crippen LogP contribution is 2.34. The van der Waals surface area contributed by atoms with E-state index in [1.54, 1.807) is 24.4 Å². The van der Waals surface area contributed by atoms with Crippen molar-refractivity contribution in [2.75, 3.05) is 49.7 Å². The number of allylic oxidation sites excluding steroid dienone is 3. The Labute approximate surface area is 236 Å². The van der Waals surface area contributed by atoms with Crippen molar-refractivity contribution >= 4 is 28.8 Å². The van der Waals surface area contributed by atoms with Gasteiger partial charge in [-0.2, -0.15) is 0 Å². The van der Waals surface area contributed by atoms with Crippen LogP contribution in [0.2, 0.25) is 5.02 Å². The second-order valence-electron chi connectivity index (χ2n) is 8.86. The fourth-order valence-electron chi connectivity index (χ4n) is 4.32. The van der Waals surface area contributed by atoms with Crippen molar-refractivity contribution in [3.8, 4) is 5.75 Å². The number of benzene rings is 1. The Morgan fingerprint density at radius 1 is 1.18 bits per heavy atom. The maximum atomic E-state index is 14.3. The van der Waals surface area contributed by atoms with Crippen LogP contribution >= 0.6 is 11.6 Å². The molecule has 2 aromatic rings. The Morgan fingerprint density at radius 2 is 1.95 bits per heavy atom. The van der Waals surface area contributed by atoms with Crippen LogP contribution in [0.3, 0.4) is 0 Å². The standard InChI is InChI=1S/C28H33ClFN5O2.C2H6/c1-19(34-28-10-3-21(29)18-32-28)24-7-4-22(30)5-9-26(24)33-20(2)25-8-6-23(17-27(25)37-14-11-31)35-12-15-36-16-13-35;1-2/h3,5-6,8-10,17-18,24,33H,1-2,4,7,11-16,31H2,(H,32,34);1-2H3. The fraction of sp³-hybridized carbons (Fsp3) is 0.367. The number of nitrogens with one attached hydrogen (secondary N) is 2. The quantitative estimate of drug-likeness (QED) is 0.318. The summed E-state index contributed by atoms with van der Waals surface area (Å²) in [5.74, 6) is 0.898. The van der Waals surface area contributed by atoms with Crippen molar-refractivity contribution in [2.24, 2.45) is 11.7 Å². The van der Waals surface area contributed by atoms with E-state index in [2.05, 4.69) is 33.7 Å². The molecule has 39 heavy (non-hydrogen) atoms. The van der Waals surface area contributed by atoms with Crippen molar-refractivity contribution in [1.82, 2.24) is 10.3 Å². The zero-order valence-corrected chi connectivity index (χ0v) is 23.6. The molecule has 1 aromatic carbocycles. The second-order valence-corrected chi connectivity index (χ2v) is 9.30. The van der Waals surface area contributed by atoms with Crippen molar-refractivity contribution in [3.05, 3.63) is 89.6 Å². The molecule has 0 amide bonds. The molecule has 2 aliphatic rings. The largest absolute Gasteiger partial charge is 0.491 e. The smallest absolute Gasteiger partial charge is 0.130 e. The summed E-state index contributed by atoms with van der Waals surface area (Å²) in [4.78, 5) is 6.55. The van der Waals surface area contributed by atoms with E-state index in [0.29, 0.717) is 67.2 Å². The number of pyridine rings is 1. The highest BCUT2D eigenvalue weighted by molar-refractivity contribution is 6.30. The molecule has 7 nitrogen and oxygen atoms in total. The van der Waals surface area contributed by atoms with Crippen molar-refractivity contribution in [3.63, 3.8) is 0 Å². The van der Waals surface area contributed by atoms with Crippen LogP contribution in [-0.4, -0.2) is 44.4 Å². The third kappa shape index (κ3) is 8.58. The zero-order chi connectivity index (χ0) is 28.2. The number of nitrogens with two attached hydrogens (primary N) is 1. The minimum atomic E-state index is -0.209. The molecule has 0 bridgehead atoms. The second kappa shape index (κ2) is 15.3. The number of aromatic nitrogens is 1. The normalized spacial score (nSPS) is 17.1. The van der Waals surface area contributed by atoms with E-state index in [4.69, 9.17) is 26.8 Å². The predicted octanol–water partition coefficient (Wildman–Crippen LogP) is 6.27. The lowest BCUT2D eigenvalue weighted by Crippen LogP contribution is -2.36. The lowest BCUT2D eigenvalue weighted by molar-refractivity contribution is 0.122. The molecular formula is C30H39ClFN5O2. The van der Waals surface area contributed by atoms with Crippen LogP contribution in [0.5, 0.6) is 5.75 Å². The average Bonchev–Trinajstić information content (AvgIpc) is 3.15. The van der Waals surface area contributed by atoms with Crippen molar-refractivity contribution in [1.29, 1.82) is 0 Å². The molecule has 4 N–H and O–H groups in total. The molecule has 1 aliphatic heterocycles. The summed E-state index contributed by atoms with van der Waals surface area (Å²) in [5.41, 5.74) is 9.66. The van der Waals surface area contributed by atoms with Gasteiger partial charge in [0.2, 0.25) is 0 Å². The Kier molecular flexibility index (Phi) is 11.9. The fourth-order valence-corrected chi connectivity index (χ4v) is 4.43. The molecule has 1 saturated heterocycles. The first-order valence-corrected chi connectivity index (χ1v) is 13.7. The molecule has 1 atom stereocenters. The molecule has 210 valence electrons. The lowest BCUT2D eigenvalue weighted by atomic mass is 9.96. The van der Waals surface area contributed by atoms with Gasteiger partial charge in [-0.15, -0.1) is 0 Å². The van der Waals surface area contributed by atoms with Gasteiger partial charge in [-0.1, -0.05) is 38.6 Å². The van der Waals surface area contributed by atoms with Gasteiger partial charge in [0.25, 0.3) is 0 Å². The van der Waals surface area contributed by atoms with E-state index in [0.717, 1.165) is 30.0 Å². The van der Waals surface area contributed by atoms with Gasteiger partial charge in [0.15, 0.2) is 0 Å². The number of nitrogens with zero attached hydrogens (tertiary/aromatic N) is 2. The highest BCUT2D eigenvalue weighted by atomic mass is 35.5. The van der Waals surface area contributed by atoms with E-state index < -0.39 is 0 Å². The summed E-state index contributed by atoms with van der Waals surface area (Å²) >= 11 is 5.96. The third-order valence-electron chi connectivity index (χ3n) is 6.26. The SMILES string of the molecule is C=C(NC1=CC=C(F)CCC1C(=C)Nc1ccc(Cl)cn1)c1ccc(N2CCOCC2)cc1OCCN.CC. The Hall–Kier alpha value is -3.33. The lowest BCUT2D eigenvalue weighted by Gasteiger charge is -2.30. The summed E-state index contributed by atoms with van der Waals surface area (Å²) in [6.07, 6.45) is 5.61. The highest BCUT2D eigenvalue weighted by Gasteiger charge is 2.23. The topological polar surface area (TPSA) is 84.7 Å². The van der Waals surface area contributed by atoms with E-state index in [-0.39, 0.29) is 11.7 Å². The van der Waals surface area contributed by atoms with Crippen LogP contribution in [0.1, 0.15) is 32.3 Å². The average molecular weight is 556 g/mol. The predicted molar refractivity (Wildman–Crippen MR) is 160 cm³/mol. The first kappa shape index (κ1) is 30.2. The molecule has 1 aromatic heterocycles. The summed E-state index contributed by atoms with van der Waals surface area (Å²) < 4.78 is 25.7. The van der Waals surface area contributed by atoms with E-state index in [1.165, 1.54) is 6.08 Å². The number of anilines is 2. The van der Waals surface area contributed by atoms with Gasteiger partial charge in [-0.05, 0) is 42.8 Å². The number of hydrogen-bond acceptors (Lipinski definition) is 7. The molecule has 9 heteroatoms. The molecule has 1 aliphatic carbocycles. The summed E-state index contributed by atoms with van der Waals surface area (Å²) in [5, 5.41) is 7.18. The van der Waals surface area contributed by atoms with Crippen LogP contribution < -0.4 is 26.0 Å². The molecule has 1 unspecified atom stereocenters. The minimum Gasteiger partial charge on any atom is -0.491 e. The molecule has 2 heterocycles. The number of ether oxygens (including phenoxy) is 2. The molecule has 0 spiro atoms. The van der Waals surface area contributed by atoms with Crippen molar-refractivity contribution in [2.45, 2.75) is 26.7 Å². The summed E-state index contributed by atoms with van der Waals surface area (Å²) in [7, 11) is 0. The van der Waals surface area contributed by atoms with Crippen LogP contribution in [-0.2, 0) is 4.74 Å². The maximum absolute atomic E-state index is 14.3. The van der Waals surface area contributed by atoms with Gasteiger partial charge >= 0.3 is 0 Å². The first-order chi connectivity index (χ1) is 18.9. The molecule has 0 saturated carbocycles. The van der Waals surface area contributed by atoms with E-state index >= 15 is 0 Å². The zero-order valence-electron chi connectivity index (χ0n) is 22.8. The van der Waals surface area contributed by atoms with Crippen molar-refractivity contribution < 1.29 is 13.9 Å². The van der Waals surface area contributed by atoms with Crippen LogP contribution in [0.25, 0.3) is 5.70 Å². The Balaban J connectivity index is 0.00000205. The van der Waals surface area contributed by atoms with E-state index in [9.17, 15) is 4.39 Å². The van der Waals surface area contributed by atoms with Crippen LogP contribution in [0.15, 0.2) is 79.1 Å². The monoisotopic (exact) mass is 555 g/mol. The third-order valence-corrected chi connectivity index (χ3v) is 6.49. The maximum Gasteiger partial charge on any atom is 0.130 e. The molecule has 4 rings (SSSR count). The Bertz CT molecular complexity index is 1180. The number of morpholine rings is 1. The number of rotatable bonds is 10. The summed E-state index contributed by atoms with van der Waals surface area (Å²) in [6.45, 7) is 16.3. The number of hydrogen-bond donors (Lipinski definition) is 3. The van der Waals surface area contributed by atoms with Gasteiger partial charge in [0.1, 0.15) is 24.0 Å². The molecular weight excluding hydrogens is 517 g/mol. The van der Waals surface area contributed by atoms with Gasteiger partial charge in [0.05, 0.1) is 18.2 Å². The summed E-state index contributed by atoms with van der Waals surface area (Å²) in [6, 6.07) is 9.57. The molecule has 1 fully saturated rings. The first-order valence-electron chi connectivity index (χ1n) is 13.3. The van der Waals surface area contributed by atoms with Gasteiger partial charge in [-0.3, -0.25) is 0 Å². The minimum absolute atomic E-state index is 0.188. The van der Waals surface area contributed by atoms with Gasteiger partial charge in [0, 0.05) is 72.6 Å². The van der Waals surface area contributed by atoms with E-state index in [1.807, 2.05) is 32.0 Å². The van der Waals surface area contributed by atoms with Crippen LogP contribution in [0.4, 0.5) is 15.9 Å². The van der Waals surface area contributed by atoms with Gasteiger partial charge in [-0.25, -0.2) is 9.37 Å².